The third-order valence-corrected chi connectivity index (χ3v) is 6.42. The van der Waals surface area contributed by atoms with Gasteiger partial charge in [0, 0.05) is 31.9 Å². The molecule has 0 saturated carbocycles. The number of sulfone groups is 1. The van der Waals surface area contributed by atoms with E-state index in [4.69, 9.17) is 0 Å². The Bertz CT molecular complexity index is 640. The number of amides is 1. The van der Waals surface area contributed by atoms with Crippen molar-refractivity contribution in [2.75, 3.05) is 24.6 Å². The summed E-state index contributed by atoms with van der Waals surface area (Å²) in [6, 6.07) is 6.08. The van der Waals surface area contributed by atoms with E-state index in [2.05, 4.69) is 15.2 Å². The highest BCUT2D eigenvalue weighted by molar-refractivity contribution is 7.91. The molecule has 1 atom stereocenters. The standard InChI is InChI=1S/C16H23N3O3S/c20-16(13-6-10-23(21,22)12-13)18-14-4-8-19(9-5-14)11-15-3-1-2-7-17-15/h1-3,7,13-14H,4-6,8-12H2,(H,18,20). The van der Waals surface area contributed by atoms with Gasteiger partial charge in [0.05, 0.1) is 23.1 Å². The van der Waals surface area contributed by atoms with Crippen LogP contribution in [0.1, 0.15) is 25.0 Å². The molecule has 0 aromatic carbocycles. The fourth-order valence-corrected chi connectivity index (χ4v) is 5.02. The van der Waals surface area contributed by atoms with Crippen molar-refractivity contribution >= 4 is 15.7 Å². The highest BCUT2D eigenvalue weighted by atomic mass is 32.2. The van der Waals surface area contributed by atoms with Crippen LogP contribution in [0.5, 0.6) is 0 Å². The van der Waals surface area contributed by atoms with Crippen LogP contribution in [-0.4, -0.2) is 54.8 Å². The Morgan fingerprint density at radius 2 is 2.04 bits per heavy atom. The predicted molar refractivity (Wildman–Crippen MR) is 87.4 cm³/mol. The molecule has 3 heterocycles. The van der Waals surface area contributed by atoms with E-state index in [0.29, 0.717) is 6.42 Å². The third-order valence-electron chi connectivity index (χ3n) is 4.65. The molecule has 7 heteroatoms. The van der Waals surface area contributed by atoms with Crippen molar-refractivity contribution in [3.05, 3.63) is 30.1 Å². The Balaban J connectivity index is 1.43. The highest BCUT2D eigenvalue weighted by Gasteiger charge is 2.34. The molecule has 0 aliphatic carbocycles. The summed E-state index contributed by atoms with van der Waals surface area (Å²) in [6.07, 6.45) is 4.07. The quantitative estimate of drug-likeness (QED) is 0.870. The molecule has 126 valence electrons. The average Bonchev–Trinajstić information content (AvgIpc) is 2.90. The van der Waals surface area contributed by atoms with Crippen LogP contribution in [0.2, 0.25) is 0 Å². The van der Waals surface area contributed by atoms with E-state index in [9.17, 15) is 13.2 Å². The van der Waals surface area contributed by atoms with Crippen LogP contribution in [0.15, 0.2) is 24.4 Å². The molecule has 6 nitrogen and oxygen atoms in total. The first-order valence-corrected chi connectivity index (χ1v) is 9.97. The van der Waals surface area contributed by atoms with Gasteiger partial charge in [-0.25, -0.2) is 8.42 Å². The third kappa shape index (κ3) is 4.51. The number of carbonyl (C=O) groups is 1. The second-order valence-corrected chi connectivity index (χ2v) is 8.71. The van der Waals surface area contributed by atoms with Gasteiger partial charge in [0.1, 0.15) is 0 Å². The number of likely N-dealkylation sites (tertiary alicyclic amines) is 1. The molecule has 23 heavy (non-hydrogen) atoms. The Hall–Kier alpha value is -1.47. The lowest BCUT2D eigenvalue weighted by molar-refractivity contribution is -0.125. The topological polar surface area (TPSA) is 79.4 Å². The van der Waals surface area contributed by atoms with Gasteiger partial charge in [0.25, 0.3) is 0 Å². The van der Waals surface area contributed by atoms with Crippen molar-refractivity contribution in [1.82, 2.24) is 15.2 Å². The van der Waals surface area contributed by atoms with Crippen LogP contribution >= 0.6 is 0 Å². The first kappa shape index (κ1) is 16.4. The van der Waals surface area contributed by atoms with E-state index >= 15 is 0 Å². The minimum Gasteiger partial charge on any atom is -0.353 e. The van der Waals surface area contributed by atoms with Crippen molar-refractivity contribution in [1.29, 1.82) is 0 Å². The molecule has 1 aromatic heterocycles. The van der Waals surface area contributed by atoms with Gasteiger partial charge in [0.15, 0.2) is 9.84 Å². The molecule has 2 aliphatic heterocycles. The number of carbonyl (C=O) groups excluding carboxylic acids is 1. The van der Waals surface area contributed by atoms with Crippen LogP contribution in [0.3, 0.4) is 0 Å². The Kier molecular flexibility index (Phi) is 4.96. The Morgan fingerprint density at radius 1 is 1.26 bits per heavy atom. The molecular formula is C16H23N3O3S. The summed E-state index contributed by atoms with van der Waals surface area (Å²) in [5.74, 6) is -0.286. The van der Waals surface area contributed by atoms with Gasteiger partial charge < -0.3 is 5.32 Å². The van der Waals surface area contributed by atoms with Crippen LogP contribution in [-0.2, 0) is 21.2 Å². The second kappa shape index (κ2) is 6.97. The monoisotopic (exact) mass is 337 g/mol. The molecule has 1 aromatic rings. The highest BCUT2D eigenvalue weighted by Crippen LogP contribution is 2.20. The van der Waals surface area contributed by atoms with E-state index in [1.54, 1.807) is 6.20 Å². The van der Waals surface area contributed by atoms with Crippen molar-refractivity contribution in [3.63, 3.8) is 0 Å². The number of piperidine rings is 1. The molecule has 1 unspecified atom stereocenters. The number of hydrogen-bond acceptors (Lipinski definition) is 5. The molecule has 2 aliphatic rings. The lowest BCUT2D eigenvalue weighted by atomic mass is 10.0. The Labute approximate surface area is 137 Å². The van der Waals surface area contributed by atoms with Gasteiger partial charge in [-0.2, -0.15) is 0 Å². The van der Waals surface area contributed by atoms with Crippen LogP contribution in [0.4, 0.5) is 0 Å². The lowest BCUT2D eigenvalue weighted by Crippen LogP contribution is -2.46. The van der Waals surface area contributed by atoms with Crippen molar-refractivity contribution in [2.45, 2.75) is 31.8 Å². The van der Waals surface area contributed by atoms with Crippen molar-refractivity contribution < 1.29 is 13.2 Å². The van der Waals surface area contributed by atoms with Gasteiger partial charge >= 0.3 is 0 Å². The fourth-order valence-electron chi connectivity index (χ4n) is 3.28. The van der Waals surface area contributed by atoms with Gasteiger partial charge in [-0.05, 0) is 31.4 Å². The predicted octanol–water partition coefficient (Wildman–Crippen LogP) is 0.597. The average molecular weight is 337 g/mol. The van der Waals surface area contributed by atoms with E-state index in [0.717, 1.165) is 38.2 Å². The number of rotatable bonds is 4. The summed E-state index contributed by atoms with van der Waals surface area (Å²) in [5.41, 5.74) is 1.06. The number of pyridine rings is 1. The van der Waals surface area contributed by atoms with E-state index in [-0.39, 0.29) is 29.4 Å². The van der Waals surface area contributed by atoms with Gasteiger partial charge in [-0.1, -0.05) is 6.07 Å². The number of nitrogens with zero attached hydrogens (tertiary/aromatic N) is 2. The summed E-state index contributed by atoms with van der Waals surface area (Å²) in [6.45, 7) is 2.68. The zero-order chi connectivity index (χ0) is 16.3. The zero-order valence-electron chi connectivity index (χ0n) is 13.1. The number of nitrogens with one attached hydrogen (secondary N) is 1. The molecule has 1 amide bonds. The molecular weight excluding hydrogens is 314 g/mol. The summed E-state index contributed by atoms with van der Waals surface area (Å²) < 4.78 is 22.9. The maximum absolute atomic E-state index is 12.2. The minimum absolute atomic E-state index is 0.0113. The van der Waals surface area contributed by atoms with Crippen LogP contribution in [0, 0.1) is 5.92 Å². The van der Waals surface area contributed by atoms with Crippen molar-refractivity contribution in [2.24, 2.45) is 5.92 Å². The molecule has 0 spiro atoms. The minimum atomic E-state index is -3.00. The van der Waals surface area contributed by atoms with Crippen LogP contribution < -0.4 is 5.32 Å². The summed E-state index contributed by atoms with van der Waals surface area (Å²) in [7, 11) is -3.00. The molecule has 2 fully saturated rings. The fraction of sp³-hybridized carbons (Fsp3) is 0.625. The summed E-state index contributed by atoms with van der Waals surface area (Å²) >= 11 is 0. The van der Waals surface area contributed by atoms with E-state index < -0.39 is 9.84 Å². The lowest BCUT2D eigenvalue weighted by Gasteiger charge is -2.32. The molecule has 3 rings (SSSR count). The largest absolute Gasteiger partial charge is 0.353 e. The summed E-state index contributed by atoms with van der Waals surface area (Å²) in [4.78, 5) is 18.9. The molecule has 0 bridgehead atoms. The Morgan fingerprint density at radius 3 is 2.65 bits per heavy atom. The van der Waals surface area contributed by atoms with Gasteiger partial charge in [-0.3, -0.25) is 14.7 Å². The van der Waals surface area contributed by atoms with Gasteiger partial charge in [-0.15, -0.1) is 0 Å². The number of aromatic nitrogens is 1. The summed E-state index contributed by atoms with van der Waals surface area (Å²) in [5, 5.41) is 3.04. The van der Waals surface area contributed by atoms with E-state index in [1.165, 1.54) is 0 Å². The molecule has 0 radical (unpaired) electrons. The first-order chi connectivity index (χ1) is 11.0. The SMILES string of the molecule is O=C(NC1CCN(Cc2ccccn2)CC1)C1CCS(=O)(=O)C1. The van der Waals surface area contributed by atoms with Crippen LogP contribution in [0.25, 0.3) is 0 Å². The number of hydrogen-bond donors (Lipinski definition) is 1. The normalized spacial score (nSPS) is 25.3. The molecule has 2 saturated heterocycles. The second-order valence-electron chi connectivity index (χ2n) is 6.48. The maximum Gasteiger partial charge on any atom is 0.224 e. The zero-order valence-corrected chi connectivity index (χ0v) is 14.0. The van der Waals surface area contributed by atoms with Gasteiger partial charge in [0.2, 0.25) is 5.91 Å². The van der Waals surface area contributed by atoms with Crippen molar-refractivity contribution in [3.8, 4) is 0 Å². The van der Waals surface area contributed by atoms with E-state index in [1.807, 2.05) is 18.2 Å². The smallest absolute Gasteiger partial charge is 0.224 e. The first-order valence-electron chi connectivity index (χ1n) is 8.15. The molecule has 1 N–H and O–H groups in total. The maximum atomic E-state index is 12.2.